The summed E-state index contributed by atoms with van der Waals surface area (Å²) in [5, 5.41) is 0. The first-order valence-corrected chi connectivity index (χ1v) is 9.21. The molecular formula is C20H23BrN2O2. The highest BCUT2D eigenvalue weighted by Gasteiger charge is 2.21. The summed E-state index contributed by atoms with van der Waals surface area (Å²) >= 11 is 3.49. The summed E-state index contributed by atoms with van der Waals surface area (Å²) in [6.45, 7) is 2.57. The van der Waals surface area contributed by atoms with Gasteiger partial charge in [0.1, 0.15) is 5.75 Å². The number of benzene rings is 2. The minimum Gasteiger partial charge on any atom is -0.496 e. The molecule has 0 atom stereocenters. The molecule has 25 heavy (non-hydrogen) atoms. The van der Waals surface area contributed by atoms with Crippen molar-refractivity contribution in [3.63, 3.8) is 0 Å². The molecule has 1 heterocycles. The number of methoxy groups -OCH3 is 1. The van der Waals surface area contributed by atoms with Crippen molar-refractivity contribution < 1.29 is 9.53 Å². The van der Waals surface area contributed by atoms with Crippen LogP contribution in [-0.2, 0) is 24.3 Å². The Bertz CT molecular complexity index is 763. The molecule has 0 bridgehead atoms. The van der Waals surface area contributed by atoms with Crippen LogP contribution >= 0.6 is 15.9 Å². The number of carbonyl (C=O) groups excluding carboxylic acids is 1. The maximum Gasteiger partial charge on any atom is 0.237 e. The molecule has 0 radical (unpaired) electrons. The number of hydrogen-bond acceptors (Lipinski definition) is 3. The normalized spacial score (nSPS) is 13.7. The largest absolute Gasteiger partial charge is 0.496 e. The van der Waals surface area contributed by atoms with Crippen molar-refractivity contribution in [1.82, 2.24) is 9.80 Å². The Morgan fingerprint density at radius 2 is 2.00 bits per heavy atom. The SMILES string of the molecule is COc1ccc(Br)cc1CN(C)CC(=O)N1CCc2ccccc2C1. The van der Waals surface area contributed by atoms with Crippen LogP contribution in [0.5, 0.6) is 5.75 Å². The van der Waals surface area contributed by atoms with Crippen LogP contribution in [0.2, 0.25) is 0 Å². The Morgan fingerprint density at radius 1 is 1.24 bits per heavy atom. The van der Waals surface area contributed by atoms with Crippen molar-refractivity contribution in [1.29, 1.82) is 0 Å². The van der Waals surface area contributed by atoms with Crippen molar-refractivity contribution in [2.75, 3.05) is 27.2 Å². The predicted octanol–water partition coefficient (Wildman–Crippen LogP) is 3.47. The number of hydrogen-bond donors (Lipinski definition) is 0. The monoisotopic (exact) mass is 402 g/mol. The molecule has 5 heteroatoms. The van der Waals surface area contributed by atoms with Crippen LogP contribution in [-0.4, -0.2) is 43.0 Å². The first-order chi connectivity index (χ1) is 12.1. The second kappa shape index (κ2) is 8.02. The first kappa shape index (κ1) is 18.0. The van der Waals surface area contributed by atoms with Gasteiger partial charge in [-0.25, -0.2) is 0 Å². The molecular weight excluding hydrogens is 380 g/mol. The molecule has 3 rings (SSSR count). The molecule has 1 aliphatic heterocycles. The molecule has 0 N–H and O–H groups in total. The van der Waals surface area contributed by atoms with Crippen LogP contribution in [0.3, 0.4) is 0 Å². The molecule has 0 saturated heterocycles. The third-order valence-corrected chi connectivity index (χ3v) is 5.06. The highest BCUT2D eigenvalue weighted by Crippen LogP contribution is 2.24. The van der Waals surface area contributed by atoms with Gasteiger partial charge >= 0.3 is 0 Å². The van der Waals surface area contributed by atoms with Crippen LogP contribution in [0.15, 0.2) is 46.9 Å². The Morgan fingerprint density at radius 3 is 2.76 bits per heavy atom. The average Bonchev–Trinajstić information content (AvgIpc) is 2.61. The van der Waals surface area contributed by atoms with Gasteiger partial charge in [-0.3, -0.25) is 9.69 Å². The molecule has 0 aliphatic carbocycles. The van der Waals surface area contributed by atoms with Gasteiger partial charge in [0.2, 0.25) is 5.91 Å². The summed E-state index contributed by atoms with van der Waals surface area (Å²) in [5.41, 5.74) is 3.69. The zero-order valence-corrected chi connectivity index (χ0v) is 16.3. The van der Waals surface area contributed by atoms with E-state index in [2.05, 4.69) is 34.1 Å². The topological polar surface area (TPSA) is 32.8 Å². The highest BCUT2D eigenvalue weighted by atomic mass is 79.9. The average molecular weight is 403 g/mol. The van der Waals surface area contributed by atoms with Gasteiger partial charge in [-0.05, 0) is 42.8 Å². The molecule has 2 aromatic rings. The number of likely N-dealkylation sites (N-methyl/N-ethyl adjacent to an activating group) is 1. The fourth-order valence-corrected chi connectivity index (χ4v) is 3.67. The molecule has 0 spiro atoms. The summed E-state index contributed by atoms with van der Waals surface area (Å²) in [4.78, 5) is 16.7. The van der Waals surface area contributed by atoms with Crippen LogP contribution in [0, 0.1) is 0 Å². The highest BCUT2D eigenvalue weighted by molar-refractivity contribution is 9.10. The maximum atomic E-state index is 12.7. The molecule has 132 valence electrons. The fourth-order valence-electron chi connectivity index (χ4n) is 3.26. The lowest BCUT2D eigenvalue weighted by atomic mass is 10.00. The number of amides is 1. The Hall–Kier alpha value is -1.85. The minimum atomic E-state index is 0.172. The molecule has 0 unspecified atom stereocenters. The Labute approximate surface area is 157 Å². The zero-order chi connectivity index (χ0) is 17.8. The maximum absolute atomic E-state index is 12.7. The zero-order valence-electron chi connectivity index (χ0n) is 14.7. The number of halogens is 1. The van der Waals surface area contributed by atoms with E-state index in [9.17, 15) is 4.79 Å². The van der Waals surface area contributed by atoms with E-state index in [0.29, 0.717) is 19.6 Å². The second-order valence-corrected chi connectivity index (χ2v) is 7.38. The number of ether oxygens (including phenoxy) is 1. The lowest BCUT2D eigenvalue weighted by Gasteiger charge is -2.30. The molecule has 0 aromatic heterocycles. The van der Waals surface area contributed by atoms with E-state index in [-0.39, 0.29) is 5.91 Å². The molecule has 0 fully saturated rings. The van der Waals surface area contributed by atoms with Crippen LogP contribution < -0.4 is 4.74 Å². The summed E-state index contributed by atoms with van der Waals surface area (Å²) in [6, 6.07) is 14.3. The summed E-state index contributed by atoms with van der Waals surface area (Å²) in [7, 11) is 3.64. The smallest absolute Gasteiger partial charge is 0.237 e. The Kier molecular flexibility index (Phi) is 5.76. The van der Waals surface area contributed by atoms with Gasteiger partial charge in [-0.1, -0.05) is 40.2 Å². The summed E-state index contributed by atoms with van der Waals surface area (Å²) in [5.74, 6) is 1.01. The van der Waals surface area contributed by atoms with Gasteiger partial charge in [0.15, 0.2) is 0 Å². The van der Waals surface area contributed by atoms with Crippen molar-refractivity contribution in [2.45, 2.75) is 19.5 Å². The van der Waals surface area contributed by atoms with E-state index in [1.807, 2.05) is 41.1 Å². The van der Waals surface area contributed by atoms with Crippen molar-refractivity contribution >= 4 is 21.8 Å². The van der Waals surface area contributed by atoms with E-state index in [4.69, 9.17) is 4.74 Å². The van der Waals surface area contributed by atoms with Gasteiger partial charge in [-0.15, -0.1) is 0 Å². The van der Waals surface area contributed by atoms with Crippen molar-refractivity contribution in [3.05, 3.63) is 63.6 Å². The number of rotatable bonds is 5. The Balaban J connectivity index is 1.61. The second-order valence-electron chi connectivity index (χ2n) is 6.46. The summed E-state index contributed by atoms with van der Waals surface area (Å²) in [6.07, 6.45) is 0.936. The molecule has 1 amide bonds. The van der Waals surface area contributed by atoms with Gasteiger partial charge in [0.25, 0.3) is 0 Å². The van der Waals surface area contributed by atoms with E-state index >= 15 is 0 Å². The van der Waals surface area contributed by atoms with Gasteiger partial charge < -0.3 is 9.64 Å². The minimum absolute atomic E-state index is 0.172. The number of fused-ring (bicyclic) bond motifs is 1. The number of nitrogens with zero attached hydrogens (tertiary/aromatic N) is 2. The van der Waals surface area contributed by atoms with Crippen molar-refractivity contribution in [2.24, 2.45) is 0 Å². The molecule has 0 saturated carbocycles. The van der Waals surface area contributed by atoms with E-state index in [0.717, 1.165) is 28.8 Å². The van der Waals surface area contributed by atoms with Crippen molar-refractivity contribution in [3.8, 4) is 5.75 Å². The standard InChI is InChI=1S/C20H23BrN2O2/c1-22(12-17-11-18(21)7-8-19(17)25-2)14-20(24)23-10-9-15-5-3-4-6-16(15)13-23/h3-8,11H,9-10,12-14H2,1-2H3. The van der Waals surface area contributed by atoms with Gasteiger partial charge in [0.05, 0.1) is 13.7 Å². The van der Waals surface area contributed by atoms with Gasteiger partial charge in [-0.2, -0.15) is 0 Å². The molecule has 2 aromatic carbocycles. The third kappa shape index (κ3) is 4.41. The molecule has 4 nitrogen and oxygen atoms in total. The quantitative estimate of drug-likeness (QED) is 0.767. The number of carbonyl (C=O) groups is 1. The van der Waals surface area contributed by atoms with Gasteiger partial charge in [0, 0.05) is 29.7 Å². The molecule has 1 aliphatic rings. The van der Waals surface area contributed by atoms with Crippen LogP contribution in [0.25, 0.3) is 0 Å². The lowest BCUT2D eigenvalue weighted by molar-refractivity contribution is -0.133. The lowest BCUT2D eigenvalue weighted by Crippen LogP contribution is -2.41. The van der Waals surface area contributed by atoms with E-state index in [1.165, 1.54) is 11.1 Å². The van der Waals surface area contributed by atoms with Crippen LogP contribution in [0.4, 0.5) is 0 Å². The van der Waals surface area contributed by atoms with Crippen LogP contribution in [0.1, 0.15) is 16.7 Å². The third-order valence-electron chi connectivity index (χ3n) is 4.57. The predicted molar refractivity (Wildman–Crippen MR) is 103 cm³/mol. The first-order valence-electron chi connectivity index (χ1n) is 8.42. The summed E-state index contributed by atoms with van der Waals surface area (Å²) < 4.78 is 6.43. The van der Waals surface area contributed by atoms with E-state index < -0.39 is 0 Å². The van der Waals surface area contributed by atoms with E-state index in [1.54, 1.807) is 7.11 Å². The fraction of sp³-hybridized carbons (Fsp3) is 0.350.